The van der Waals surface area contributed by atoms with Gasteiger partial charge in [-0.05, 0) is 46.6 Å². The van der Waals surface area contributed by atoms with E-state index in [1.165, 1.54) is 0 Å². The second-order valence-electron chi connectivity index (χ2n) is 7.14. The number of anilines is 2. The highest BCUT2D eigenvalue weighted by atomic mass is 79.9. The molecule has 0 saturated carbocycles. The lowest BCUT2D eigenvalue weighted by molar-refractivity contribution is -0.134. The van der Waals surface area contributed by atoms with Crippen molar-refractivity contribution in [3.05, 3.63) is 59.1 Å². The van der Waals surface area contributed by atoms with Crippen LogP contribution in [0.1, 0.15) is 12.8 Å². The van der Waals surface area contributed by atoms with Gasteiger partial charge >= 0.3 is 0 Å². The van der Waals surface area contributed by atoms with Crippen LogP contribution in [-0.4, -0.2) is 42.4 Å². The van der Waals surface area contributed by atoms with Gasteiger partial charge in [0.05, 0.1) is 11.6 Å². The lowest BCUT2D eigenvalue weighted by atomic mass is 10.1. The summed E-state index contributed by atoms with van der Waals surface area (Å²) in [5, 5.41) is 3.49. The molecule has 2 fully saturated rings. The van der Waals surface area contributed by atoms with Crippen molar-refractivity contribution in [3.8, 4) is 0 Å². The Bertz CT molecular complexity index is 842. The smallest absolute Gasteiger partial charge is 0.228 e. The zero-order valence-electron chi connectivity index (χ0n) is 15.0. The van der Waals surface area contributed by atoms with E-state index in [0.29, 0.717) is 13.1 Å². The quantitative estimate of drug-likeness (QED) is 0.811. The predicted molar refractivity (Wildman–Crippen MR) is 110 cm³/mol. The molecule has 2 aliphatic rings. The Balaban J connectivity index is 1.38. The molecule has 2 saturated heterocycles. The standard InChI is InChI=1S/C21H22BrN3O2/c22-18-8-4-5-9-19(18)25-13-15(12-20(25)26)21(27)24-11-10-17(14-24)23-16-6-2-1-3-7-16/h1-9,15,17,23H,10-14H2. The Labute approximate surface area is 167 Å². The molecule has 0 spiro atoms. The Morgan fingerprint density at radius 1 is 1.04 bits per heavy atom. The van der Waals surface area contributed by atoms with Crippen molar-refractivity contribution in [2.75, 3.05) is 29.9 Å². The second-order valence-corrected chi connectivity index (χ2v) is 7.99. The van der Waals surface area contributed by atoms with Crippen molar-refractivity contribution in [1.82, 2.24) is 4.90 Å². The fraction of sp³-hybridized carbons (Fsp3) is 0.333. The number of para-hydroxylation sites is 2. The van der Waals surface area contributed by atoms with Crippen molar-refractivity contribution < 1.29 is 9.59 Å². The molecule has 2 amide bonds. The van der Waals surface area contributed by atoms with Crippen LogP contribution in [0, 0.1) is 5.92 Å². The molecular formula is C21H22BrN3O2. The maximum atomic E-state index is 13.0. The molecule has 2 unspecified atom stereocenters. The van der Waals surface area contributed by atoms with E-state index in [-0.39, 0.29) is 30.2 Å². The topological polar surface area (TPSA) is 52.7 Å². The molecule has 2 heterocycles. The van der Waals surface area contributed by atoms with Gasteiger partial charge in [0.1, 0.15) is 0 Å². The molecule has 0 aliphatic carbocycles. The summed E-state index contributed by atoms with van der Waals surface area (Å²) in [7, 11) is 0. The first kappa shape index (κ1) is 18.0. The highest BCUT2D eigenvalue weighted by molar-refractivity contribution is 9.10. The summed E-state index contributed by atoms with van der Waals surface area (Å²) in [4.78, 5) is 29.1. The lowest BCUT2D eigenvalue weighted by Gasteiger charge is -2.22. The van der Waals surface area contributed by atoms with E-state index in [2.05, 4.69) is 21.2 Å². The highest BCUT2D eigenvalue weighted by Gasteiger charge is 2.39. The number of carbonyl (C=O) groups excluding carboxylic acids is 2. The molecule has 2 atom stereocenters. The molecule has 5 nitrogen and oxygen atoms in total. The SMILES string of the molecule is O=C(C1CC(=O)N(c2ccccc2Br)C1)N1CCC(Nc2ccccc2)C1. The number of carbonyl (C=O) groups is 2. The number of rotatable bonds is 4. The summed E-state index contributed by atoms with van der Waals surface area (Å²) in [6.07, 6.45) is 1.21. The van der Waals surface area contributed by atoms with Gasteiger partial charge in [0.25, 0.3) is 0 Å². The fourth-order valence-corrected chi connectivity index (χ4v) is 4.38. The molecule has 0 bridgehead atoms. The molecule has 1 N–H and O–H groups in total. The lowest BCUT2D eigenvalue weighted by Crippen LogP contribution is -2.37. The molecule has 140 valence electrons. The number of nitrogens with zero attached hydrogens (tertiary/aromatic N) is 2. The van der Waals surface area contributed by atoms with Crippen molar-refractivity contribution >= 4 is 39.1 Å². The van der Waals surface area contributed by atoms with E-state index >= 15 is 0 Å². The van der Waals surface area contributed by atoms with Crippen LogP contribution in [0.5, 0.6) is 0 Å². The van der Waals surface area contributed by atoms with E-state index < -0.39 is 0 Å². The van der Waals surface area contributed by atoms with Gasteiger partial charge in [-0.15, -0.1) is 0 Å². The van der Waals surface area contributed by atoms with Crippen LogP contribution in [0.25, 0.3) is 0 Å². The zero-order chi connectivity index (χ0) is 18.8. The first-order chi connectivity index (χ1) is 13.1. The van der Waals surface area contributed by atoms with Gasteiger partial charge in [-0.2, -0.15) is 0 Å². The predicted octanol–water partition coefficient (Wildman–Crippen LogP) is 3.52. The minimum absolute atomic E-state index is 0.0124. The summed E-state index contributed by atoms with van der Waals surface area (Å²) < 4.78 is 0.875. The van der Waals surface area contributed by atoms with Crippen molar-refractivity contribution in [3.63, 3.8) is 0 Å². The monoisotopic (exact) mass is 427 g/mol. The normalized spacial score (nSPS) is 22.3. The van der Waals surface area contributed by atoms with E-state index in [0.717, 1.165) is 28.8 Å². The molecule has 27 heavy (non-hydrogen) atoms. The number of halogens is 1. The molecule has 6 heteroatoms. The van der Waals surface area contributed by atoms with Gasteiger partial charge in [0.2, 0.25) is 11.8 Å². The molecular weight excluding hydrogens is 406 g/mol. The largest absolute Gasteiger partial charge is 0.380 e. The van der Waals surface area contributed by atoms with E-state index in [1.807, 2.05) is 59.5 Å². The van der Waals surface area contributed by atoms with Gasteiger partial charge in [0, 0.05) is 42.3 Å². The van der Waals surface area contributed by atoms with Gasteiger partial charge in [-0.25, -0.2) is 0 Å². The van der Waals surface area contributed by atoms with Gasteiger partial charge in [-0.3, -0.25) is 9.59 Å². The number of nitrogens with one attached hydrogen (secondary N) is 1. The van der Waals surface area contributed by atoms with Gasteiger partial charge < -0.3 is 15.1 Å². The van der Waals surface area contributed by atoms with Crippen molar-refractivity contribution in [2.24, 2.45) is 5.92 Å². The maximum Gasteiger partial charge on any atom is 0.228 e. The molecule has 2 aliphatic heterocycles. The number of benzene rings is 2. The van der Waals surface area contributed by atoms with Gasteiger partial charge in [-0.1, -0.05) is 30.3 Å². The van der Waals surface area contributed by atoms with Crippen LogP contribution >= 0.6 is 15.9 Å². The summed E-state index contributed by atoms with van der Waals surface area (Å²) in [5.41, 5.74) is 1.91. The van der Waals surface area contributed by atoms with Crippen LogP contribution in [0.15, 0.2) is 59.1 Å². The molecule has 4 rings (SSSR count). The fourth-order valence-electron chi connectivity index (χ4n) is 3.88. The Kier molecular flexibility index (Phi) is 5.16. The summed E-state index contributed by atoms with van der Waals surface area (Å²) in [5.74, 6) is -0.159. The number of likely N-dealkylation sites (tertiary alicyclic amines) is 1. The second kappa shape index (κ2) is 7.72. The van der Waals surface area contributed by atoms with Gasteiger partial charge in [0.15, 0.2) is 0 Å². The minimum Gasteiger partial charge on any atom is -0.380 e. The minimum atomic E-state index is -0.264. The average Bonchev–Trinajstić information content (AvgIpc) is 3.29. The molecule has 0 aromatic heterocycles. The summed E-state index contributed by atoms with van der Waals surface area (Å²) >= 11 is 3.50. The number of amides is 2. The third-order valence-corrected chi connectivity index (χ3v) is 5.93. The molecule has 0 radical (unpaired) electrons. The van der Waals surface area contributed by atoms with Crippen LogP contribution in [0.4, 0.5) is 11.4 Å². The Hall–Kier alpha value is -2.34. The van der Waals surface area contributed by atoms with Crippen LogP contribution in [-0.2, 0) is 9.59 Å². The van der Waals surface area contributed by atoms with E-state index in [4.69, 9.17) is 0 Å². The zero-order valence-corrected chi connectivity index (χ0v) is 16.6. The van der Waals surface area contributed by atoms with E-state index in [9.17, 15) is 9.59 Å². The maximum absolute atomic E-state index is 13.0. The van der Waals surface area contributed by atoms with Crippen molar-refractivity contribution in [1.29, 1.82) is 0 Å². The van der Waals surface area contributed by atoms with Crippen LogP contribution < -0.4 is 10.2 Å². The molecule has 2 aromatic carbocycles. The van der Waals surface area contributed by atoms with E-state index in [1.54, 1.807) is 4.90 Å². The highest BCUT2D eigenvalue weighted by Crippen LogP contribution is 2.32. The van der Waals surface area contributed by atoms with Crippen molar-refractivity contribution in [2.45, 2.75) is 18.9 Å². The van der Waals surface area contributed by atoms with Crippen LogP contribution in [0.2, 0.25) is 0 Å². The average molecular weight is 428 g/mol. The Morgan fingerprint density at radius 2 is 1.78 bits per heavy atom. The summed E-state index contributed by atoms with van der Waals surface area (Å²) in [6, 6.07) is 18.0. The van der Waals surface area contributed by atoms with Crippen LogP contribution in [0.3, 0.4) is 0 Å². The first-order valence-electron chi connectivity index (χ1n) is 9.27. The number of hydrogen-bond donors (Lipinski definition) is 1. The first-order valence-corrected chi connectivity index (χ1v) is 10.1. The Morgan fingerprint density at radius 3 is 2.56 bits per heavy atom. The number of hydrogen-bond acceptors (Lipinski definition) is 3. The third kappa shape index (κ3) is 3.86. The molecule has 2 aromatic rings. The summed E-state index contributed by atoms with van der Waals surface area (Å²) in [6.45, 7) is 1.88. The third-order valence-electron chi connectivity index (χ3n) is 5.26.